The summed E-state index contributed by atoms with van der Waals surface area (Å²) < 4.78 is 1.20. The van der Waals surface area contributed by atoms with Crippen LogP contribution in [0, 0.1) is 6.92 Å². The van der Waals surface area contributed by atoms with Gasteiger partial charge in [0.15, 0.2) is 6.29 Å². The topological polar surface area (TPSA) is 17.1 Å². The third-order valence-electron chi connectivity index (χ3n) is 2.17. The summed E-state index contributed by atoms with van der Waals surface area (Å²) >= 11 is 3.30. The lowest BCUT2D eigenvalue weighted by molar-refractivity contribution is 0.112. The minimum Gasteiger partial charge on any atom is -0.297 e. The van der Waals surface area contributed by atoms with Crippen molar-refractivity contribution in [3.8, 4) is 0 Å². The van der Waals surface area contributed by atoms with Crippen LogP contribution in [0.2, 0.25) is 0 Å². The van der Waals surface area contributed by atoms with E-state index in [1.807, 2.05) is 6.07 Å². The first kappa shape index (κ1) is 9.74. The van der Waals surface area contributed by atoms with Crippen molar-refractivity contribution >= 4 is 39.5 Å². The largest absolute Gasteiger partial charge is 0.297 e. The Bertz CT molecular complexity index is 485. The fourth-order valence-corrected chi connectivity index (χ4v) is 3.05. The first-order valence-electron chi connectivity index (χ1n) is 4.28. The standard InChI is InChI=1S/C11H10OS2/c1-7-3-11-8(5-10(7)13-2)4-9(6-12)14-11/h3-6H,1-2H3. The number of carbonyl (C=O) groups excluding carboxylic acids is 1. The number of hydrogen-bond donors (Lipinski definition) is 0. The van der Waals surface area contributed by atoms with Gasteiger partial charge in [-0.3, -0.25) is 4.79 Å². The highest BCUT2D eigenvalue weighted by Gasteiger charge is 2.04. The Kier molecular flexibility index (Phi) is 2.61. The molecule has 0 aliphatic carbocycles. The molecule has 0 spiro atoms. The molecule has 2 aromatic rings. The van der Waals surface area contributed by atoms with Crippen LogP contribution in [0.3, 0.4) is 0 Å². The molecule has 1 heterocycles. The van der Waals surface area contributed by atoms with Gasteiger partial charge >= 0.3 is 0 Å². The molecule has 0 atom stereocenters. The third kappa shape index (κ3) is 1.57. The molecule has 1 aromatic heterocycles. The minimum atomic E-state index is 0.803. The van der Waals surface area contributed by atoms with E-state index in [-0.39, 0.29) is 0 Å². The van der Waals surface area contributed by atoms with Crippen LogP contribution in [0.25, 0.3) is 10.1 Å². The maximum absolute atomic E-state index is 10.6. The van der Waals surface area contributed by atoms with Gasteiger partial charge in [-0.2, -0.15) is 0 Å². The molecule has 3 heteroatoms. The van der Waals surface area contributed by atoms with E-state index in [1.54, 1.807) is 23.1 Å². The molecule has 2 rings (SSSR count). The first-order valence-corrected chi connectivity index (χ1v) is 6.32. The van der Waals surface area contributed by atoms with E-state index in [0.29, 0.717) is 0 Å². The van der Waals surface area contributed by atoms with Gasteiger partial charge in [-0.15, -0.1) is 23.1 Å². The quantitative estimate of drug-likeness (QED) is 0.568. The van der Waals surface area contributed by atoms with Crippen molar-refractivity contribution in [2.24, 2.45) is 0 Å². The summed E-state index contributed by atoms with van der Waals surface area (Å²) in [6, 6.07) is 6.25. The first-order chi connectivity index (χ1) is 6.74. The molecule has 0 fully saturated rings. The van der Waals surface area contributed by atoms with E-state index in [1.165, 1.54) is 20.5 Å². The molecule has 0 N–H and O–H groups in total. The van der Waals surface area contributed by atoms with Crippen LogP contribution in [-0.2, 0) is 0 Å². The number of fused-ring (bicyclic) bond motifs is 1. The van der Waals surface area contributed by atoms with Crippen molar-refractivity contribution in [1.82, 2.24) is 0 Å². The summed E-state index contributed by atoms with van der Waals surface area (Å²) in [6.45, 7) is 2.10. The van der Waals surface area contributed by atoms with Crippen molar-refractivity contribution < 1.29 is 4.79 Å². The zero-order chi connectivity index (χ0) is 10.1. The van der Waals surface area contributed by atoms with Crippen LogP contribution in [-0.4, -0.2) is 12.5 Å². The van der Waals surface area contributed by atoms with Crippen LogP contribution in [0.1, 0.15) is 15.2 Å². The lowest BCUT2D eigenvalue weighted by Crippen LogP contribution is -1.76. The average Bonchev–Trinajstić information content (AvgIpc) is 2.58. The molecular weight excluding hydrogens is 212 g/mol. The van der Waals surface area contributed by atoms with E-state index in [4.69, 9.17) is 0 Å². The van der Waals surface area contributed by atoms with Gasteiger partial charge in [0.25, 0.3) is 0 Å². The summed E-state index contributed by atoms with van der Waals surface area (Å²) in [6.07, 6.45) is 2.99. The molecule has 0 saturated carbocycles. The monoisotopic (exact) mass is 222 g/mol. The van der Waals surface area contributed by atoms with Gasteiger partial charge in [-0.25, -0.2) is 0 Å². The molecule has 0 saturated heterocycles. The van der Waals surface area contributed by atoms with Gasteiger partial charge in [0, 0.05) is 9.60 Å². The second kappa shape index (κ2) is 3.75. The molecule has 0 bridgehead atoms. The van der Waals surface area contributed by atoms with Crippen LogP contribution in [0.4, 0.5) is 0 Å². The van der Waals surface area contributed by atoms with E-state index in [0.717, 1.165) is 11.2 Å². The number of benzene rings is 1. The number of rotatable bonds is 2. The average molecular weight is 222 g/mol. The molecule has 14 heavy (non-hydrogen) atoms. The highest BCUT2D eigenvalue weighted by molar-refractivity contribution is 7.98. The Balaban J connectivity index is 2.69. The van der Waals surface area contributed by atoms with Crippen molar-refractivity contribution in [3.63, 3.8) is 0 Å². The molecule has 72 valence electrons. The number of hydrogen-bond acceptors (Lipinski definition) is 3. The van der Waals surface area contributed by atoms with Gasteiger partial charge in [-0.05, 0) is 42.3 Å². The number of aryl methyl sites for hydroxylation is 1. The highest BCUT2D eigenvalue weighted by atomic mass is 32.2. The normalized spacial score (nSPS) is 10.7. The van der Waals surface area contributed by atoms with Crippen molar-refractivity contribution in [2.75, 3.05) is 6.26 Å². The molecule has 0 amide bonds. The second-order valence-corrected chi connectivity index (χ2v) is 5.09. The number of thiophene rings is 1. The summed E-state index contributed by atoms with van der Waals surface area (Å²) in [5.41, 5.74) is 1.28. The molecule has 1 nitrogen and oxygen atoms in total. The zero-order valence-electron chi connectivity index (χ0n) is 8.03. The van der Waals surface area contributed by atoms with Gasteiger partial charge in [0.05, 0.1) is 4.88 Å². The molecular formula is C11H10OS2. The van der Waals surface area contributed by atoms with Crippen molar-refractivity contribution in [2.45, 2.75) is 11.8 Å². The van der Waals surface area contributed by atoms with Gasteiger partial charge < -0.3 is 0 Å². The van der Waals surface area contributed by atoms with Crippen molar-refractivity contribution in [1.29, 1.82) is 0 Å². The summed E-state index contributed by atoms with van der Waals surface area (Å²) in [5, 5.41) is 1.17. The van der Waals surface area contributed by atoms with Gasteiger partial charge in [0.1, 0.15) is 0 Å². The van der Waals surface area contributed by atoms with E-state index in [2.05, 4.69) is 25.3 Å². The highest BCUT2D eigenvalue weighted by Crippen LogP contribution is 2.31. The Morgan fingerprint density at radius 1 is 1.36 bits per heavy atom. The molecule has 0 radical (unpaired) electrons. The smallest absolute Gasteiger partial charge is 0.160 e. The number of aldehydes is 1. The Morgan fingerprint density at radius 2 is 2.14 bits per heavy atom. The maximum Gasteiger partial charge on any atom is 0.160 e. The SMILES string of the molecule is CSc1cc2cc(C=O)sc2cc1C. The lowest BCUT2D eigenvalue weighted by Gasteiger charge is -2.01. The summed E-state index contributed by atoms with van der Waals surface area (Å²) in [4.78, 5) is 12.7. The Hall–Kier alpha value is -0.800. The van der Waals surface area contributed by atoms with E-state index >= 15 is 0 Å². The summed E-state index contributed by atoms with van der Waals surface area (Å²) in [5.74, 6) is 0. The zero-order valence-corrected chi connectivity index (χ0v) is 9.67. The van der Waals surface area contributed by atoms with Crippen LogP contribution >= 0.6 is 23.1 Å². The number of thioether (sulfide) groups is 1. The van der Waals surface area contributed by atoms with Crippen LogP contribution < -0.4 is 0 Å². The van der Waals surface area contributed by atoms with Crippen molar-refractivity contribution in [3.05, 3.63) is 28.6 Å². The third-order valence-corrected chi connectivity index (χ3v) is 4.07. The van der Waals surface area contributed by atoms with Gasteiger partial charge in [-0.1, -0.05) is 0 Å². The predicted molar refractivity (Wildman–Crippen MR) is 63.7 cm³/mol. The Morgan fingerprint density at radius 3 is 2.79 bits per heavy atom. The van der Waals surface area contributed by atoms with Crippen LogP contribution in [0.15, 0.2) is 23.1 Å². The van der Waals surface area contributed by atoms with E-state index < -0.39 is 0 Å². The fraction of sp³-hybridized carbons (Fsp3) is 0.182. The second-order valence-electron chi connectivity index (χ2n) is 3.13. The number of carbonyl (C=O) groups is 1. The van der Waals surface area contributed by atoms with Gasteiger partial charge in [0.2, 0.25) is 0 Å². The maximum atomic E-state index is 10.6. The molecule has 0 aliphatic rings. The molecule has 1 aromatic carbocycles. The van der Waals surface area contributed by atoms with E-state index in [9.17, 15) is 4.79 Å². The summed E-state index contributed by atoms with van der Waals surface area (Å²) in [7, 11) is 0. The fourth-order valence-electron chi connectivity index (χ4n) is 1.47. The lowest BCUT2D eigenvalue weighted by atomic mass is 10.2. The van der Waals surface area contributed by atoms with Crippen LogP contribution in [0.5, 0.6) is 0 Å². The predicted octanol–water partition coefficient (Wildman–Crippen LogP) is 3.74. The minimum absolute atomic E-state index is 0.803. The molecule has 0 unspecified atom stereocenters. The molecule has 0 aliphatic heterocycles. The Labute approximate surface area is 91.1 Å².